The van der Waals surface area contributed by atoms with Gasteiger partial charge >= 0.3 is 0 Å². The Kier molecular flexibility index (Phi) is 4.31. The van der Waals surface area contributed by atoms with Crippen molar-refractivity contribution < 1.29 is 4.79 Å². The molecule has 2 aromatic carbocycles. The number of carbonyl (C=O) groups is 1. The lowest BCUT2D eigenvalue weighted by Gasteiger charge is -2.22. The molecule has 1 atom stereocenters. The van der Waals surface area contributed by atoms with Crippen LogP contribution in [0, 0.1) is 0 Å². The molecule has 26 heavy (non-hydrogen) atoms. The van der Waals surface area contributed by atoms with E-state index in [0.717, 1.165) is 17.8 Å². The number of anilines is 3. The molecule has 0 saturated carbocycles. The highest BCUT2D eigenvalue weighted by atomic mass is 35.5. The number of carbonyl (C=O) groups excluding carboxylic acids is 1. The Morgan fingerprint density at radius 1 is 1.12 bits per heavy atom. The van der Waals surface area contributed by atoms with Crippen molar-refractivity contribution in [1.29, 1.82) is 0 Å². The van der Waals surface area contributed by atoms with Crippen LogP contribution in [0.2, 0.25) is 5.02 Å². The Balaban J connectivity index is 1.53. The molecule has 6 heteroatoms. The van der Waals surface area contributed by atoms with Gasteiger partial charge in [0.15, 0.2) is 0 Å². The predicted molar refractivity (Wildman–Crippen MR) is 103 cm³/mol. The molecule has 1 aliphatic rings. The number of fused-ring (bicyclic) bond motifs is 1. The van der Waals surface area contributed by atoms with Crippen molar-refractivity contribution in [3.8, 4) is 0 Å². The van der Waals surface area contributed by atoms with E-state index >= 15 is 0 Å². The number of benzene rings is 2. The first kappa shape index (κ1) is 16.5. The monoisotopic (exact) mass is 364 g/mol. The lowest BCUT2D eigenvalue weighted by molar-refractivity contribution is 0.0981. The van der Waals surface area contributed by atoms with E-state index in [4.69, 9.17) is 11.6 Å². The largest absolute Gasteiger partial charge is 0.324 e. The molecule has 4 rings (SSSR count). The van der Waals surface area contributed by atoms with Gasteiger partial charge in [0.05, 0.1) is 5.56 Å². The molecule has 1 aromatic heterocycles. The van der Waals surface area contributed by atoms with Crippen LogP contribution < -0.4 is 10.2 Å². The van der Waals surface area contributed by atoms with Crippen molar-refractivity contribution in [2.45, 2.75) is 19.4 Å². The highest BCUT2D eigenvalue weighted by molar-refractivity contribution is 6.30. The number of rotatable bonds is 3. The van der Waals surface area contributed by atoms with Crippen molar-refractivity contribution in [2.24, 2.45) is 0 Å². The van der Waals surface area contributed by atoms with Crippen LogP contribution in [0.25, 0.3) is 0 Å². The van der Waals surface area contributed by atoms with Gasteiger partial charge in [-0.2, -0.15) is 0 Å². The molecule has 5 nitrogen and oxygen atoms in total. The lowest BCUT2D eigenvalue weighted by Crippen LogP contribution is -2.35. The summed E-state index contributed by atoms with van der Waals surface area (Å²) in [6, 6.07) is 15.4. The summed E-state index contributed by atoms with van der Waals surface area (Å²) in [4.78, 5) is 23.3. The molecule has 0 aliphatic carbocycles. The van der Waals surface area contributed by atoms with Crippen LogP contribution in [-0.4, -0.2) is 21.9 Å². The van der Waals surface area contributed by atoms with Crippen LogP contribution in [0.4, 0.5) is 17.3 Å². The molecule has 130 valence electrons. The maximum absolute atomic E-state index is 12.9. The van der Waals surface area contributed by atoms with E-state index in [1.807, 2.05) is 35.2 Å². The zero-order chi connectivity index (χ0) is 18.1. The number of para-hydroxylation sites is 1. The second-order valence-corrected chi connectivity index (χ2v) is 6.72. The number of halogens is 1. The van der Waals surface area contributed by atoms with Crippen LogP contribution in [0.15, 0.2) is 60.9 Å². The van der Waals surface area contributed by atoms with E-state index in [9.17, 15) is 4.79 Å². The summed E-state index contributed by atoms with van der Waals surface area (Å²) in [5, 5.41) is 3.75. The van der Waals surface area contributed by atoms with Gasteiger partial charge in [-0.15, -0.1) is 0 Å². The Morgan fingerprint density at radius 3 is 2.54 bits per heavy atom. The SMILES string of the molecule is CC1Cc2ccccc2N1C(=O)c1cnc(Nc2ccc(Cl)cc2)nc1. The summed E-state index contributed by atoms with van der Waals surface area (Å²) in [6.45, 7) is 2.05. The minimum absolute atomic E-state index is 0.0829. The average Bonchev–Trinajstić information content (AvgIpc) is 2.99. The van der Waals surface area contributed by atoms with Gasteiger partial charge < -0.3 is 10.2 Å². The fraction of sp³-hybridized carbons (Fsp3) is 0.150. The third-order valence-electron chi connectivity index (χ3n) is 4.43. The molecule has 1 unspecified atom stereocenters. The van der Waals surface area contributed by atoms with E-state index < -0.39 is 0 Å². The van der Waals surface area contributed by atoms with Gasteiger partial charge in [-0.25, -0.2) is 9.97 Å². The quantitative estimate of drug-likeness (QED) is 0.745. The molecule has 0 bridgehead atoms. The summed E-state index contributed by atoms with van der Waals surface area (Å²) in [7, 11) is 0. The van der Waals surface area contributed by atoms with Crippen molar-refractivity contribution in [1.82, 2.24) is 9.97 Å². The first-order chi connectivity index (χ1) is 12.6. The number of hydrogen-bond acceptors (Lipinski definition) is 4. The maximum atomic E-state index is 12.9. The molecule has 0 radical (unpaired) electrons. The van der Waals surface area contributed by atoms with Gasteiger partial charge in [0.1, 0.15) is 0 Å². The van der Waals surface area contributed by atoms with Crippen molar-refractivity contribution in [2.75, 3.05) is 10.2 Å². The van der Waals surface area contributed by atoms with Gasteiger partial charge in [0.25, 0.3) is 5.91 Å². The summed E-state index contributed by atoms with van der Waals surface area (Å²) in [5.74, 6) is 0.347. The molecule has 1 N–H and O–H groups in total. The molecule has 0 fully saturated rings. The fourth-order valence-electron chi connectivity index (χ4n) is 3.18. The molecule has 0 spiro atoms. The highest BCUT2D eigenvalue weighted by Gasteiger charge is 2.31. The first-order valence-corrected chi connectivity index (χ1v) is 8.76. The van der Waals surface area contributed by atoms with E-state index in [2.05, 4.69) is 28.3 Å². The smallest absolute Gasteiger partial charge is 0.261 e. The number of aromatic nitrogens is 2. The zero-order valence-corrected chi connectivity index (χ0v) is 14.9. The number of hydrogen-bond donors (Lipinski definition) is 1. The van der Waals surface area contributed by atoms with Crippen molar-refractivity contribution >= 4 is 34.8 Å². The summed E-state index contributed by atoms with van der Waals surface area (Å²) >= 11 is 5.88. The van der Waals surface area contributed by atoms with Gasteiger partial charge in [0, 0.05) is 34.8 Å². The molecule has 1 aliphatic heterocycles. The van der Waals surface area contributed by atoms with Gasteiger partial charge in [-0.3, -0.25) is 4.79 Å². The second-order valence-electron chi connectivity index (χ2n) is 6.28. The molecule has 1 amide bonds. The van der Waals surface area contributed by atoms with E-state index in [-0.39, 0.29) is 11.9 Å². The lowest BCUT2D eigenvalue weighted by atomic mass is 10.1. The Bertz CT molecular complexity index is 941. The van der Waals surface area contributed by atoms with Crippen LogP contribution in [0.5, 0.6) is 0 Å². The fourth-order valence-corrected chi connectivity index (χ4v) is 3.31. The minimum Gasteiger partial charge on any atom is -0.324 e. The molecule has 3 aromatic rings. The van der Waals surface area contributed by atoms with Crippen LogP contribution in [0.1, 0.15) is 22.8 Å². The Hall–Kier alpha value is -2.92. The van der Waals surface area contributed by atoms with Gasteiger partial charge in [0.2, 0.25) is 5.95 Å². The number of nitrogens with one attached hydrogen (secondary N) is 1. The minimum atomic E-state index is -0.0829. The zero-order valence-electron chi connectivity index (χ0n) is 14.2. The van der Waals surface area contributed by atoms with Crippen molar-refractivity contribution in [3.05, 3.63) is 77.1 Å². The van der Waals surface area contributed by atoms with Gasteiger partial charge in [-0.1, -0.05) is 29.8 Å². The molecular formula is C20H17ClN4O. The normalized spacial score (nSPS) is 15.6. The molecular weight excluding hydrogens is 348 g/mol. The third-order valence-corrected chi connectivity index (χ3v) is 4.68. The number of amides is 1. The second kappa shape index (κ2) is 6.77. The van der Waals surface area contributed by atoms with E-state index in [1.54, 1.807) is 24.5 Å². The molecule has 2 heterocycles. The summed E-state index contributed by atoms with van der Waals surface area (Å²) in [5.41, 5.74) is 3.45. The topological polar surface area (TPSA) is 58.1 Å². The van der Waals surface area contributed by atoms with Crippen LogP contribution in [0.3, 0.4) is 0 Å². The van der Waals surface area contributed by atoms with Crippen LogP contribution in [-0.2, 0) is 6.42 Å². The number of nitrogens with zero attached hydrogens (tertiary/aromatic N) is 3. The summed E-state index contributed by atoms with van der Waals surface area (Å²) in [6.07, 6.45) is 3.97. The first-order valence-electron chi connectivity index (χ1n) is 8.38. The predicted octanol–water partition coefficient (Wildman–Crippen LogP) is 4.47. The van der Waals surface area contributed by atoms with E-state index in [1.165, 1.54) is 5.56 Å². The average molecular weight is 365 g/mol. The van der Waals surface area contributed by atoms with Crippen molar-refractivity contribution in [3.63, 3.8) is 0 Å². The van der Waals surface area contributed by atoms with E-state index in [0.29, 0.717) is 16.5 Å². The summed E-state index contributed by atoms with van der Waals surface area (Å²) < 4.78 is 0. The standard InChI is InChI=1S/C20H17ClN4O/c1-13-10-14-4-2-3-5-18(14)25(13)19(26)15-11-22-20(23-12-15)24-17-8-6-16(21)7-9-17/h2-9,11-13H,10H2,1H3,(H,22,23,24). The maximum Gasteiger partial charge on any atom is 0.261 e. The molecule has 0 saturated heterocycles. The van der Waals surface area contributed by atoms with Gasteiger partial charge in [-0.05, 0) is 49.2 Å². The third kappa shape index (κ3) is 3.13. The Morgan fingerprint density at radius 2 is 1.81 bits per heavy atom. The van der Waals surface area contributed by atoms with Crippen LogP contribution >= 0.6 is 11.6 Å². The highest BCUT2D eigenvalue weighted by Crippen LogP contribution is 2.32. The Labute approximate surface area is 156 Å².